The van der Waals surface area contributed by atoms with Gasteiger partial charge in [-0.1, -0.05) is 6.07 Å². The van der Waals surface area contributed by atoms with Crippen molar-refractivity contribution in [1.82, 2.24) is 5.32 Å². The number of carbonyl (C=O) groups is 1. The van der Waals surface area contributed by atoms with Crippen LogP contribution in [0, 0.1) is 13.8 Å². The summed E-state index contributed by atoms with van der Waals surface area (Å²) in [5.74, 6) is 0.00511. The summed E-state index contributed by atoms with van der Waals surface area (Å²) in [6.45, 7) is 5.51. The molecule has 0 saturated heterocycles. The average Bonchev–Trinajstić information content (AvgIpc) is 2.32. The van der Waals surface area contributed by atoms with E-state index < -0.39 is 0 Å². The number of rotatable bonds is 6. The van der Waals surface area contributed by atoms with Crippen molar-refractivity contribution in [2.24, 2.45) is 0 Å². The van der Waals surface area contributed by atoms with E-state index in [0.29, 0.717) is 6.54 Å². The van der Waals surface area contributed by atoms with E-state index >= 15 is 0 Å². The summed E-state index contributed by atoms with van der Waals surface area (Å²) < 4.78 is 4.95. The molecule has 0 aliphatic carbocycles. The quantitative estimate of drug-likeness (QED) is 0.769. The number of hydrogen-bond donors (Lipinski definition) is 1. The summed E-state index contributed by atoms with van der Waals surface area (Å²) in [7, 11) is 1.69. The second-order valence-electron chi connectivity index (χ2n) is 4.25. The van der Waals surface area contributed by atoms with Crippen LogP contribution in [0.1, 0.15) is 34.3 Å². The lowest BCUT2D eigenvalue weighted by molar-refractivity contribution is 0.0951. The molecule has 0 heterocycles. The second kappa shape index (κ2) is 7.07. The van der Waals surface area contributed by atoms with Crippen LogP contribution in [0.25, 0.3) is 0 Å². The van der Waals surface area contributed by atoms with E-state index in [1.54, 1.807) is 7.11 Å². The average molecular weight is 235 g/mol. The third kappa shape index (κ3) is 4.57. The van der Waals surface area contributed by atoms with Crippen molar-refractivity contribution in [1.29, 1.82) is 0 Å². The van der Waals surface area contributed by atoms with Crippen LogP contribution in [0.15, 0.2) is 18.2 Å². The highest BCUT2D eigenvalue weighted by atomic mass is 16.5. The summed E-state index contributed by atoms with van der Waals surface area (Å²) in [5.41, 5.74) is 3.10. The van der Waals surface area contributed by atoms with Gasteiger partial charge in [0.15, 0.2) is 0 Å². The van der Waals surface area contributed by atoms with Crippen molar-refractivity contribution in [2.75, 3.05) is 20.3 Å². The van der Waals surface area contributed by atoms with Crippen molar-refractivity contribution in [3.63, 3.8) is 0 Å². The van der Waals surface area contributed by atoms with Crippen molar-refractivity contribution in [3.8, 4) is 0 Å². The lowest BCUT2D eigenvalue weighted by Crippen LogP contribution is -2.24. The Bertz CT molecular complexity index is 374. The fourth-order valence-corrected chi connectivity index (χ4v) is 1.56. The van der Waals surface area contributed by atoms with Gasteiger partial charge in [0, 0.05) is 25.8 Å². The largest absolute Gasteiger partial charge is 0.385 e. The molecule has 0 atom stereocenters. The Morgan fingerprint density at radius 2 is 2.00 bits per heavy atom. The number of unbranched alkanes of at least 4 members (excludes halogenated alkanes) is 1. The van der Waals surface area contributed by atoms with Gasteiger partial charge in [-0.25, -0.2) is 0 Å². The normalized spacial score (nSPS) is 10.3. The minimum absolute atomic E-state index is 0.00511. The minimum atomic E-state index is 0.00511. The van der Waals surface area contributed by atoms with Crippen LogP contribution >= 0.6 is 0 Å². The van der Waals surface area contributed by atoms with Crippen molar-refractivity contribution < 1.29 is 9.53 Å². The molecule has 0 spiro atoms. The first kappa shape index (κ1) is 13.7. The lowest BCUT2D eigenvalue weighted by atomic mass is 10.1. The van der Waals surface area contributed by atoms with Gasteiger partial charge >= 0.3 is 0 Å². The summed E-state index contributed by atoms with van der Waals surface area (Å²) in [6.07, 6.45) is 1.92. The van der Waals surface area contributed by atoms with Crippen LogP contribution < -0.4 is 5.32 Å². The summed E-state index contributed by atoms with van der Waals surface area (Å²) >= 11 is 0. The molecule has 94 valence electrons. The van der Waals surface area contributed by atoms with Gasteiger partial charge in [-0.05, 0) is 49.9 Å². The number of nitrogens with one attached hydrogen (secondary N) is 1. The Morgan fingerprint density at radius 1 is 1.24 bits per heavy atom. The number of aryl methyl sites for hydroxylation is 2. The molecule has 3 heteroatoms. The van der Waals surface area contributed by atoms with Crippen molar-refractivity contribution >= 4 is 5.91 Å². The Kier molecular flexibility index (Phi) is 5.70. The molecular weight excluding hydrogens is 214 g/mol. The van der Waals surface area contributed by atoms with Crippen molar-refractivity contribution in [3.05, 3.63) is 34.9 Å². The van der Waals surface area contributed by atoms with Gasteiger partial charge < -0.3 is 10.1 Å². The maximum atomic E-state index is 11.8. The van der Waals surface area contributed by atoms with Gasteiger partial charge in [-0.3, -0.25) is 4.79 Å². The lowest BCUT2D eigenvalue weighted by Gasteiger charge is -2.07. The van der Waals surface area contributed by atoms with E-state index in [1.165, 1.54) is 5.56 Å². The molecule has 0 aromatic heterocycles. The van der Waals surface area contributed by atoms with E-state index in [-0.39, 0.29) is 5.91 Å². The zero-order valence-corrected chi connectivity index (χ0v) is 10.9. The number of amides is 1. The number of carbonyl (C=O) groups excluding carboxylic acids is 1. The number of benzene rings is 1. The smallest absolute Gasteiger partial charge is 0.251 e. The van der Waals surface area contributed by atoms with Crippen LogP contribution in [-0.4, -0.2) is 26.2 Å². The van der Waals surface area contributed by atoms with Crippen molar-refractivity contribution in [2.45, 2.75) is 26.7 Å². The molecule has 0 aliphatic rings. The molecule has 17 heavy (non-hydrogen) atoms. The van der Waals surface area contributed by atoms with Crippen LogP contribution in [0.3, 0.4) is 0 Å². The van der Waals surface area contributed by atoms with Gasteiger partial charge in [-0.15, -0.1) is 0 Å². The molecule has 1 N–H and O–H groups in total. The highest BCUT2D eigenvalue weighted by Gasteiger charge is 2.05. The van der Waals surface area contributed by atoms with Gasteiger partial charge in [-0.2, -0.15) is 0 Å². The highest BCUT2D eigenvalue weighted by Crippen LogP contribution is 2.09. The maximum Gasteiger partial charge on any atom is 0.251 e. The highest BCUT2D eigenvalue weighted by molar-refractivity contribution is 5.94. The zero-order chi connectivity index (χ0) is 12.7. The first-order valence-electron chi connectivity index (χ1n) is 5.99. The van der Waals surface area contributed by atoms with Crippen LogP contribution in [-0.2, 0) is 4.74 Å². The molecule has 3 nitrogen and oxygen atoms in total. The Labute approximate surface area is 103 Å². The fourth-order valence-electron chi connectivity index (χ4n) is 1.56. The van der Waals surface area contributed by atoms with Crippen LogP contribution in [0.5, 0.6) is 0 Å². The SMILES string of the molecule is COCCCCNC(=O)c1ccc(C)c(C)c1. The standard InChI is InChI=1S/C14H21NO2/c1-11-6-7-13(10-12(11)2)14(16)15-8-4-5-9-17-3/h6-7,10H,4-5,8-9H2,1-3H3,(H,15,16). The first-order valence-corrected chi connectivity index (χ1v) is 5.99. The summed E-state index contributed by atoms with van der Waals surface area (Å²) in [6, 6.07) is 5.78. The fraction of sp³-hybridized carbons (Fsp3) is 0.500. The molecule has 0 unspecified atom stereocenters. The molecule has 1 amide bonds. The summed E-state index contributed by atoms with van der Waals surface area (Å²) in [5, 5.41) is 2.91. The van der Waals surface area contributed by atoms with Gasteiger partial charge in [0.05, 0.1) is 0 Å². The topological polar surface area (TPSA) is 38.3 Å². The van der Waals surface area contributed by atoms with E-state index in [0.717, 1.165) is 30.6 Å². The molecule has 0 aliphatic heterocycles. The molecule has 0 saturated carbocycles. The first-order chi connectivity index (χ1) is 8.15. The predicted octanol–water partition coefficient (Wildman–Crippen LogP) is 2.46. The Morgan fingerprint density at radius 3 is 2.65 bits per heavy atom. The predicted molar refractivity (Wildman–Crippen MR) is 69.4 cm³/mol. The molecule has 1 aromatic carbocycles. The monoisotopic (exact) mass is 235 g/mol. The van der Waals surface area contributed by atoms with E-state index in [2.05, 4.69) is 5.32 Å². The van der Waals surface area contributed by atoms with E-state index in [9.17, 15) is 4.79 Å². The molecule has 0 bridgehead atoms. The van der Waals surface area contributed by atoms with Gasteiger partial charge in [0.25, 0.3) is 5.91 Å². The third-order valence-corrected chi connectivity index (χ3v) is 2.83. The third-order valence-electron chi connectivity index (χ3n) is 2.83. The Balaban J connectivity index is 2.39. The number of methoxy groups -OCH3 is 1. The minimum Gasteiger partial charge on any atom is -0.385 e. The van der Waals surface area contributed by atoms with Gasteiger partial charge in [0.2, 0.25) is 0 Å². The molecule has 0 radical (unpaired) electrons. The Hall–Kier alpha value is -1.35. The van der Waals surface area contributed by atoms with Gasteiger partial charge in [0.1, 0.15) is 0 Å². The van der Waals surface area contributed by atoms with Crippen LogP contribution in [0.2, 0.25) is 0 Å². The second-order valence-corrected chi connectivity index (χ2v) is 4.25. The molecule has 1 aromatic rings. The summed E-state index contributed by atoms with van der Waals surface area (Å²) in [4.78, 5) is 11.8. The molecule has 0 fully saturated rings. The zero-order valence-electron chi connectivity index (χ0n) is 10.9. The van der Waals surface area contributed by atoms with E-state index in [1.807, 2.05) is 32.0 Å². The number of ether oxygens (including phenoxy) is 1. The maximum absolute atomic E-state index is 11.8. The van der Waals surface area contributed by atoms with Crippen LogP contribution in [0.4, 0.5) is 0 Å². The van der Waals surface area contributed by atoms with E-state index in [4.69, 9.17) is 4.74 Å². The molecule has 1 rings (SSSR count). The number of hydrogen-bond acceptors (Lipinski definition) is 2. The molecular formula is C14H21NO2.